The molecule has 0 bridgehead atoms. The van der Waals surface area contributed by atoms with Gasteiger partial charge in [0.25, 0.3) is 0 Å². The van der Waals surface area contributed by atoms with E-state index >= 15 is 0 Å². The Labute approximate surface area is 130 Å². The van der Waals surface area contributed by atoms with Gasteiger partial charge in [0.2, 0.25) is 0 Å². The SMILES string of the molecule is CC(C)(C)[C]1([Zr][C]2(C(C)(C)C)C=CC=C2)C=CC=C1. The van der Waals surface area contributed by atoms with Crippen LogP contribution in [0.4, 0.5) is 0 Å². The van der Waals surface area contributed by atoms with Crippen LogP contribution in [-0.2, 0) is 23.2 Å². The van der Waals surface area contributed by atoms with Crippen molar-refractivity contribution in [1.82, 2.24) is 0 Å². The Morgan fingerprint density at radius 3 is 1.05 bits per heavy atom. The molecule has 0 heterocycles. The maximum atomic E-state index is 2.48. The average Bonchev–Trinajstić information content (AvgIpc) is 2.86. The van der Waals surface area contributed by atoms with Crippen molar-refractivity contribution in [2.24, 2.45) is 10.8 Å². The van der Waals surface area contributed by atoms with Gasteiger partial charge in [0.05, 0.1) is 0 Å². The molecule has 0 N–H and O–H groups in total. The number of rotatable bonds is 2. The van der Waals surface area contributed by atoms with Crippen molar-refractivity contribution in [2.45, 2.75) is 47.8 Å². The summed E-state index contributed by atoms with van der Waals surface area (Å²) in [5, 5.41) is 0. The number of hydrogen-bond acceptors (Lipinski definition) is 0. The average molecular weight is 334 g/mol. The third-order valence-corrected chi connectivity index (χ3v) is 11.9. The monoisotopic (exact) mass is 332 g/mol. The summed E-state index contributed by atoms with van der Waals surface area (Å²) in [5.74, 6) is 0. The Balaban J connectivity index is 2.43. The Kier molecular flexibility index (Phi) is 3.76. The van der Waals surface area contributed by atoms with Crippen LogP contribution in [0.5, 0.6) is 0 Å². The van der Waals surface area contributed by atoms with Crippen molar-refractivity contribution in [1.29, 1.82) is 0 Å². The van der Waals surface area contributed by atoms with Gasteiger partial charge in [0.15, 0.2) is 0 Å². The van der Waals surface area contributed by atoms with Gasteiger partial charge >= 0.3 is 130 Å². The van der Waals surface area contributed by atoms with Crippen LogP contribution in [0.2, 0.25) is 6.25 Å². The molecule has 0 fully saturated rings. The molecule has 0 aliphatic heterocycles. The predicted octanol–water partition coefficient (Wildman–Crippen LogP) is 5.73. The molecule has 102 valence electrons. The summed E-state index contributed by atoms with van der Waals surface area (Å²) in [6.07, 6.45) is 18.9. The van der Waals surface area contributed by atoms with Gasteiger partial charge in [-0.3, -0.25) is 0 Å². The van der Waals surface area contributed by atoms with E-state index in [1.54, 1.807) is 0 Å². The Hall–Kier alpha value is -0.157. The molecule has 0 spiro atoms. The third-order valence-electron chi connectivity index (χ3n) is 4.55. The normalized spacial score (nSPS) is 23.3. The third kappa shape index (κ3) is 2.56. The molecule has 0 aromatic heterocycles. The quantitative estimate of drug-likeness (QED) is 0.605. The fraction of sp³-hybridized carbons (Fsp3) is 0.556. The number of hydrogen-bond donors (Lipinski definition) is 0. The topological polar surface area (TPSA) is 0 Å². The summed E-state index contributed by atoms with van der Waals surface area (Å²) < 4.78 is 0.644. The van der Waals surface area contributed by atoms with Crippen LogP contribution in [0.15, 0.2) is 48.6 Å². The van der Waals surface area contributed by atoms with Gasteiger partial charge in [-0.05, 0) is 0 Å². The molecular formula is C18H26Zr. The van der Waals surface area contributed by atoms with Crippen molar-refractivity contribution >= 4 is 0 Å². The molecule has 2 aliphatic rings. The second-order valence-corrected chi connectivity index (χ2v) is 12.5. The zero-order valence-electron chi connectivity index (χ0n) is 13.1. The van der Waals surface area contributed by atoms with Crippen LogP contribution in [0.1, 0.15) is 41.5 Å². The van der Waals surface area contributed by atoms with Crippen LogP contribution in [0.3, 0.4) is 0 Å². The molecule has 0 unspecified atom stereocenters. The van der Waals surface area contributed by atoms with Gasteiger partial charge < -0.3 is 0 Å². The molecule has 0 amide bonds. The molecular weight excluding hydrogens is 307 g/mol. The molecule has 1 heteroatoms. The summed E-state index contributed by atoms with van der Waals surface area (Å²) >= 11 is -0.752. The molecule has 2 aliphatic carbocycles. The summed E-state index contributed by atoms with van der Waals surface area (Å²) in [6.45, 7) is 14.4. The molecule has 0 aromatic carbocycles. The van der Waals surface area contributed by atoms with E-state index in [0.29, 0.717) is 17.1 Å². The first-order valence-electron chi connectivity index (χ1n) is 7.15. The second kappa shape index (κ2) is 4.69. The van der Waals surface area contributed by atoms with Crippen molar-refractivity contribution in [3.05, 3.63) is 48.6 Å². The van der Waals surface area contributed by atoms with E-state index in [0.717, 1.165) is 0 Å². The maximum absolute atomic E-state index is 2.48. The number of allylic oxidation sites excluding steroid dienone is 8. The van der Waals surface area contributed by atoms with Gasteiger partial charge in [-0.25, -0.2) is 0 Å². The molecule has 2 rings (SSSR count). The van der Waals surface area contributed by atoms with E-state index < -0.39 is 23.2 Å². The molecule has 0 aromatic rings. The standard InChI is InChI=1S/2C9H13.Zr/c2*1-9(2,3)8-6-4-5-7-8;/h2*4-7H,1-3H3;. The second-order valence-electron chi connectivity index (χ2n) is 7.80. The molecule has 19 heavy (non-hydrogen) atoms. The zero-order valence-corrected chi connectivity index (χ0v) is 15.6. The first-order valence-corrected chi connectivity index (χ1v) is 9.61. The Morgan fingerprint density at radius 2 is 0.842 bits per heavy atom. The fourth-order valence-electron chi connectivity index (χ4n) is 2.82. The van der Waals surface area contributed by atoms with Crippen molar-refractivity contribution in [3.8, 4) is 0 Å². The minimum absolute atomic E-state index is 0.311. The van der Waals surface area contributed by atoms with Crippen LogP contribution < -0.4 is 0 Å². The zero-order chi connectivity index (χ0) is 14.4. The van der Waals surface area contributed by atoms with Crippen molar-refractivity contribution < 1.29 is 23.2 Å². The van der Waals surface area contributed by atoms with Crippen LogP contribution in [0.25, 0.3) is 0 Å². The van der Waals surface area contributed by atoms with E-state index in [9.17, 15) is 0 Å². The van der Waals surface area contributed by atoms with E-state index in [-0.39, 0.29) is 0 Å². The molecule has 0 radical (unpaired) electrons. The summed E-state index contributed by atoms with van der Waals surface area (Å²) in [7, 11) is 0. The fourth-order valence-corrected chi connectivity index (χ4v) is 8.12. The van der Waals surface area contributed by atoms with Crippen LogP contribution >= 0.6 is 0 Å². The molecule has 0 atom stereocenters. The van der Waals surface area contributed by atoms with Gasteiger partial charge in [-0.15, -0.1) is 0 Å². The van der Waals surface area contributed by atoms with Crippen molar-refractivity contribution in [2.75, 3.05) is 0 Å². The summed E-state index contributed by atoms with van der Waals surface area (Å²) in [5.41, 5.74) is 0.621. The van der Waals surface area contributed by atoms with E-state index in [4.69, 9.17) is 0 Å². The first kappa shape index (κ1) is 15.2. The minimum atomic E-state index is -0.752. The van der Waals surface area contributed by atoms with E-state index in [1.807, 2.05) is 0 Å². The predicted molar refractivity (Wildman–Crippen MR) is 80.9 cm³/mol. The van der Waals surface area contributed by atoms with Gasteiger partial charge in [-0.1, -0.05) is 0 Å². The Morgan fingerprint density at radius 1 is 0.579 bits per heavy atom. The summed E-state index contributed by atoms with van der Waals surface area (Å²) in [6, 6.07) is 0. The van der Waals surface area contributed by atoms with Crippen LogP contribution in [-0.4, -0.2) is 0 Å². The van der Waals surface area contributed by atoms with Gasteiger partial charge in [0, 0.05) is 0 Å². The van der Waals surface area contributed by atoms with E-state index in [1.165, 1.54) is 0 Å². The van der Waals surface area contributed by atoms with E-state index in [2.05, 4.69) is 90.2 Å². The van der Waals surface area contributed by atoms with Gasteiger partial charge in [0.1, 0.15) is 0 Å². The Bertz CT molecular complexity index is 393. The first-order chi connectivity index (χ1) is 8.62. The molecule has 0 saturated carbocycles. The van der Waals surface area contributed by atoms with Crippen LogP contribution in [0, 0.1) is 10.8 Å². The summed E-state index contributed by atoms with van der Waals surface area (Å²) in [4.78, 5) is 0. The van der Waals surface area contributed by atoms with Gasteiger partial charge in [-0.2, -0.15) is 0 Å². The molecule has 0 saturated heterocycles. The van der Waals surface area contributed by atoms with Crippen molar-refractivity contribution in [3.63, 3.8) is 0 Å². The molecule has 0 nitrogen and oxygen atoms in total.